The van der Waals surface area contributed by atoms with E-state index in [1.807, 2.05) is 19.9 Å². The van der Waals surface area contributed by atoms with Crippen molar-refractivity contribution in [1.29, 1.82) is 0 Å². The van der Waals surface area contributed by atoms with Crippen molar-refractivity contribution in [2.45, 2.75) is 44.1 Å². The summed E-state index contributed by atoms with van der Waals surface area (Å²) < 4.78 is 40.2. The molecular formula is C21H27N3O5S. The highest BCUT2D eigenvalue weighted by Crippen LogP contribution is 2.38. The van der Waals surface area contributed by atoms with Crippen LogP contribution in [0.4, 0.5) is 5.69 Å². The lowest BCUT2D eigenvalue weighted by Crippen LogP contribution is -2.27. The Morgan fingerprint density at radius 3 is 2.70 bits per heavy atom. The van der Waals surface area contributed by atoms with Gasteiger partial charge in [0.15, 0.2) is 0 Å². The quantitative estimate of drug-likeness (QED) is 0.757. The Hall–Kier alpha value is -2.52. The van der Waals surface area contributed by atoms with Crippen molar-refractivity contribution in [1.82, 2.24) is 8.87 Å². The summed E-state index contributed by atoms with van der Waals surface area (Å²) in [5.41, 5.74) is 1.80. The second kappa shape index (κ2) is 7.96. The summed E-state index contributed by atoms with van der Waals surface area (Å²) in [6.45, 7) is 5.37. The molecule has 0 saturated carbocycles. The number of nitrogens with one attached hydrogen (secondary N) is 1. The molecule has 4 rings (SSSR count). The van der Waals surface area contributed by atoms with Crippen LogP contribution in [0.1, 0.15) is 42.7 Å². The predicted octanol–water partition coefficient (Wildman–Crippen LogP) is 2.78. The Morgan fingerprint density at radius 1 is 1.27 bits per heavy atom. The van der Waals surface area contributed by atoms with E-state index in [9.17, 15) is 13.2 Å². The lowest BCUT2D eigenvalue weighted by Gasteiger charge is -2.14. The molecule has 1 saturated heterocycles. The smallest absolute Gasteiger partial charge is 0.272 e. The van der Waals surface area contributed by atoms with Gasteiger partial charge in [0.1, 0.15) is 28.2 Å². The number of rotatable bonds is 6. The summed E-state index contributed by atoms with van der Waals surface area (Å²) in [7, 11) is -1.93. The van der Waals surface area contributed by atoms with E-state index in [0.29, 0.717) is 31.1 Å². The van der Waals surface area contributed by atoms with Gasteiger partial charge >= 0.3 is 0 Å². The number of anilines is 1. The van der Waals surface area contributed by atoms with Gasteiger partial charge in [-0.1, -0.05) is 0 Å². The molecule has 2 aliphatic heterocycles. The van der Waals surface area contributed by atoms with E-state index < -0.39 is 15.9 Å². The molecule has 30 heavy (non-hydrogen) atoms. The molecule has 0 radical (unpaired) electrons. The average molecular weight is 434 g/mol. The Bertz CT molecular complexity index is 1070. The van der Waals surface area contributed by atoms with Gasteiger partial charge in [0.25, 0.3) is 5.91 Å². The molecule has 8 nitrogen and oxygen atoms in total. The van der Waals surface area contributed by atoms with Gasteiger partial charge in [-0.15, -0.1) is 0 Å². The third kappa shape index (κ3) is 3.79. The number of fused-ring (bicyclic) bond motifs is 1. The van der Waals surface area contributed by atoms with Gasteiger partial charge in [0.05, 0.1) is 12.3 Å². The summed E-state index contributed by atoms with van der Waals surface area (Å²) in [4.78, 5) is 13.1. The van der Waals surface area contributed by atoms with Gasteiger partial charge < -0.3 is 19.4 Å². The fourth-order valence-electron chi connectivity index (χ4n) is 3.98. The number of carbonyl (C=O) groups excluding carboxylic acids is 1. The van der Waals surface area contributed by atoms with Crippen molar-refractivity contribution in [3.05, 3.63) is 35.7 Å². The predicted molar refractivity (Wildman–Crippen MR) is 113 cm³/mol. The van der Waals surface area contributed by atoms with Crippen LogP contribution < -0.4 is 14.8 Å². The zero-order valence-corrected chi connectivity index (χ0v) is 18.3. The highest BCUT2D eigenvalue weighted by Gasteiger charge is 2.30. The first-order chi connectivity index (χ1) is 14.3. The SMILES string of the molecule is CCOc1cc2c(cc1NC(=O)c1cc(S(=O)(=O)N3CCCC3)cn1C)OC(C)C2. The molecule has 1 aromatic heterocycles. The van der Waals surface area contributed by atoms with Crippen molar-refractivity contribution in [3.63, 3.8) is 0 Å². The summed E-state index contributed by atoms with van der Waals surface area (Å²) in [6.07, 6.45) is 4.07. The summed E-state index contributed by atoms with van der Waals surface area (Å²) in [5.74, 6) is 0.888. The summed E-state index contributed by atoms with van der Waals surface area (Å²) >= 11 is 0. The monoisotopic (exact) mass is 433 g/mol. The van der Waals surface area contributed by atoms with E-state index >= 15 is 0 Å². The number of hydrogen-bond donors (Lipinski definition) is 1. The first-order valence-electron chi connectivity index (χ1n) is 10.2. The average Bonchev–Trinajstić information content (AvgIpc) is 3.41. The largest absolute Gasteiger partial charge is 0.492 e. The number of ether oxygens (including phenoxy) is 2. The third-order valence-electron chi connectivity index (χ3n) is 5.46. The van der Waals surface area contributed by atoms with Crippen LogP contribution in [0.2, 0.25) is 0 Å². The molecule has 162 valence electrons. The zero-order valence-electron chi connectivity index (χ0n) is 17.5. The van der Waals surface area contributed by atoms with Crippen molar-refractivity contribution in [2.75, 3.05) is 25.0 Å². The van der Waals surface area contributed by atoms with E-state index in [1.54, 1.807) is 13.1 Å². The minimum atomic E-state index is -3.59. The topological polar surface area (TPSA) is 89.9 Å². The molecule has 0 spiro atoms. The van der Waals surface area contributed by atoms with Gasteiger partial charge in [0, 0.05) is 44.4 Å². The molecule has 0 bridgehead atoms. The van der Waals surface area contributed by atoms with Gasteiger partial charge in [-0.25, -0.2) is 8.42 Å². The molecule has 1 N–H and O–H groups in total. The number of benzene rings is 1. The van der Waals surface area contributed by atoms with Crippen molar-refractivity contribution >= 4 is 21.6 Å². The molecule has 2 aromatic rings. The van der Waals surface area contributed by atoms with Crippen molar-refractivity contribution in [3.8, 4) is 11.5 Å². The molecule has 1 unspecified atom stereocenters. The first kappa shape index (κ1) is 20.7. The van der Waals surface area contributed by atoms with Crippen LogP contribution >= 0.6 is 0 Å². The molecular weight excluding hydrogens is 406 g/mol. The number of aryl methyl sites for hydroxylation is 1. The van der Waals surface area contributed by atoms with Gasteiger partial charge in [-0.3, -0.25) is 4.79 Å². The number of amides is 1. The fourth-order valence-corrected chi connectivity index (χ4v) is 5.57. The Balaban J connectivity index is 1.61. The molecule has 0 aliphatic carbocycles. The molecule has 2 aliphatic rings. The van der Waals surface area contributed by atoms with Gasteiger partial charge in [-0.2, -0.15) is 4.31 Å². The minimum absolute atomic E-state index is 0.0756. The second-order valence-corrected chi connectivity index (χ2v) is 9.70. The van der Waals surface area contributed by atoms with Crippen molar-refractivity contribution < 1.29 is 22.7 Å². The van der Waals surface area contributed by atoms with Crippen LogP contribution in [-0.2, 0) is 23.5 Å². The van der Waals surface area contributed by atoms with E-state index in [2.05, 4.69) is 5.32 Å². The maximum atomic E-state index is 13.0. The number of hydrogen-bond acceptors (Lipinski definition) is 5. The van der Waals surface area contributed by atoms with Crippen LogP contribution in [0.25, 0.3) is 0 Å². The molecule has 1 atom stereocenters. The van der Waals surface area contributed by atoms with Gasteiger partial charge in [0.2, 0.25) is 10.0 Å². The standard InChI is InChI=1S/C21H27N3O5S/c1-4-28-20-10-15-9-14(2)29-19(15)12-17(20)22-21(25)18-11-16(13-23(18)3)30(26,27)24-7-5-6-8-24/h10-14H,4-9H2,1-3H3,(H,22,25). The third-order valence-corrected chi connectivity index (χ3v) is 7.33. The lowest BCUT2D eigenvalue weighted by atomic mass is 10.1. The zero-order chi connectivity index (χ0) is 21.5. The normalized spacial score (nSPS) is 18.8. The van der Waals surface area contributed by atoms with Crippen LogP contribution in [-0.4, -0.2) is 49.0 Å². The number of nitrogens with zero attached hydrogens (tertiary/aromatic N) is 2. The molecule has 9 heteroatoms. The van der Waals surface area contributed by atoms with Gasteiger partial charge in [-0.05, 0) is 38.8 Å². The van der Waals surface area contributed by atoms with E-state index in [4.69, 9.17) is 9.47 Å². The second-order valence-electron chi connectivity index (χ2n) is 7.76. The minimum Gasteiger partial charge on any atom is -0.492 e. The lowest BCUT2D eigenvalue weighted by molar-refractivity contribution is 0.101. The summed E-state index contributed by atoms with van der Waals surface area (Å²) in [6, 6.07) is 5.09. The van der Waals surface area contributed by atoms with Crippen LogP contribution in [0, 0.1) is 0 Å². The fraction of sp³-hybridized carbons (Fsp3) is 0.476. The Morgan fingerprint density at radius 2 is 2.00 bits per heavy atom. The maximum Gasteiger partial charge on any atom is 0.272 e. The van der Waals surface area contributed by atoms with Crippen molar-refractivity contribution in [2.24, 2.45) is 7.05 Å². The summed E-state index contributed by atoms with van der Waals surface area (Å²) in [5, 5.41) is 2.86. The molecule has 1 amide bonds. The highest BCUT2D eigenvalue weighted by molar-refractivity contribution is 7.89. The number of aromatic nitrogens is 1. The van der Waals surface area contributed by atoms with E-state index in [-0.39, 0.29) is 16.7 Å². The first-order valence-corrected chi connectivity index (χ1v) is 11.7. The highest BCUT2D eigenvalue weighted by atomic mass is 32.2. The molecule has 1 aromatic carbocycles. The number of carbonyl (C=O) groups is 1. The van der Waals surface area contributed by atoms with Crippen LogP contribution in [0.3, 0.4) is 0 Å². The van der Waals surface area contributed by atoms with E-state index in [0.717, 1.165) is 30.6 Å². The number of sulfonamides is 1. The Kier molecular flexibility index (Phi) is 5.50. The molecule has 3 heterocycles. The maximum absolute atomic E-state index is 13.0. The Labute approximate surface area is 176 Å². The molecule has 1 fully saturated rings. The van der Waals surface area contributed by atoms with E-state index in [1.165, 1.54) is 21.1 Å². The van der Waals surface area contributed by atoms with Crippen LogP contribution in [0.15, 0.2) is 29.3 Å². The van der Waals surface area contributed by atoms with Crippen LogP contribution in [0.5, 0.6) is 11.5 Å².